The molecular weight excluding hydrogens is 218 g/mol. The number of nitrogens with zero attached hydrogens (tertiary/aromatic N) is 2. The quantitative estimate of drug-likeness (QED) is 0.722. The number of carboxylic acid groups (broad SMARTS) is 1. The van der Waals surface area contributed by atoms with E-state index >= 15 is 0 Å². The molecule has 1 aromatic rings. The minimum atomic E-state index is -1.03. The highest BCUT2D eigenvalue weighted by molar-refractivity contribution is 7.09. The number of hydrogen-bond donors (Lipinski definition) is 2. The second kappa shape index (κ2) is 2.69. The van der Waals surface area contributed by atoms with Crippen LogP contribution >= 0.6 is 11.3 Å². The van der Waals surface area contributed by atoms with E-state index in [1.54, 1.807) is 5.51 Å². The third-order valence-corrected chi connectivity index (χ3v) is 3.64. The highest BCUT2D eigenvalue weighted by Gasteiger charge is 2.47. The molecule has 2 atom stereocenters. The molecule has 78 valence electrons. The summed E-state index contributed by atoms with van der Waals surface area (Å²) in [6.07, 6.45) is 0. The Morgan fingerprint density at radius 3 is 3.27 bits per heavy atom. The number of carbonyl (C=O) groups is 2. The van der Waals surface area contributed by atoms with E-state index in [1.807, 2.05) is 0 Å². The lowest BCUT2D eigenvalue weighted by Crippen LogP contribution is -2.38. The Labute approximate surface area is 88.5 Å². The summed E-state index contributed by atoms with van der Waals surface area (Å²) in [7, 11) is 0. The highest BCUT2D eigenvalue weighted by Crippen LogP contribution is 2.40. The zero-order chi connectivity index (χ0) is 10.6. The van der Waals surface area contributed by atoms with E-state index in [-0.39, 0.29) is 12.1 Å². The van der Waals surface area contributed by atoms with Gasteiger partial charge in [0.25, 0.3) is 0 Å². The topological polar surface area (TPSA) is 82.5 Å². The van der Waals surface area contributed by atoms with Gasteiger partial charge < -0.3 is 15.3 Å². The van der Waals surface area contributed by atoms with E-state index in [1.165, 1.54) is 16.2 Å². The summed E-state index contributed by atoms with van der Waals surface area (Å²) in [5.74, 6) is -1.03. The Morgan fingerprint density at radius 2 is 2.53 bits per heavy atom. The normalized spacial score (nSPS) is 27.5. The van der Waals surface area contributed by atoms with Crippen molar-refractivity contribution in [2.45, 2.75) is 12.1 Å². The summed E-state index contributed by atoms with van der Waals surface area (Å²) >= 11 is 1.39. The maximum Gasteiger partial charge on any atom is 0.332 e. The lowest BCUT2D eigenvalue weighted by atomic mass is 10.0. The standard InChI is InChI=1S/C8H7N3O3S/c12-7(13)5-4-6(15-2-9-4)3-1-11(5)8(14)10-3/h2-3,5H,1H2,(H,10,14)(H,12,13). The molecule has 7 heteroatoms. The van der Waals surface area contributed by atoms with Gasteiger partial charge in [-0.1, -0.05) is 0 Å². The Balaban J connectivity index is 2.16. The van der Waals surface area contributed by atoms with Crippen LogP contribution in [0.5, 0.6) is 0 Å². The zero-order valence-corrected chi connectivity index (χ0v) is 8.32. The lowest BCUT2D eigenvalue weighted by Gasteiger charge is -2.26. The van der Waals surface area contributed by atoms with Crippen LogP contribution in [0.4, 0.5) is 4.79 Å². The number of nitrogens with one attached hydrogen (secondary N) is 1. The molecule has 3 heterocycles. The second-order valence-corrected chi connectivity index (χ2v) is 4.38. The Hall–Kier alpha value is -1.63. The van der Waals surface area contributed by atoms with Gasteiger partial charge in [-0.3, -0.25) is 0 Å². The number of thiazole rings is 1. The molecule has 1 fully saturated rings. The summed E-state index contributed by atoms with van der Waals surface area (Å²) in [5, 5.41) is 11.8. The van der Waals surface area contributed by atoms with Gasteiger partial charge in [0.2, 0.25) is 0 Å². The Morgan fingerprint density at radius 1 is 1.73 bits per heavy atom. The molecule has 0 spiro atoms. The van der Waals surface area contributed by atoms with Gasteiger partial charge in [-0.25, -0.2) is 14.6 Å². The Bertz CT molecular complexity index is 458. The first-order valence-electron chi connectivity index (χ1n) is 4.41. The highest BCUT2D eigenvalue weighted by atomic mass is 32.1. The van der Waals surface area contributed by atoms with Crippen molar-refractivity contribution >= 4 is 23.3 Å². The minimum absolute atomic E-state index is 0.0874. The Kier molecular flexibility index (Phi) is 1.55. The van der Waals surface area contributed by atoms with Crippen molar-refractivity contribution in [3.8, 4) is 0 Å². The van der Waals surface area contributed by atoms with E-state index in [0.29, 0.717) is 12.2 Å². The molecule has 6 nitrogen and oxygen atoms in total. The van der Waals surface area contributed by atoms with Crippen molar-refractivity contribution < 1.29 is 14.7 Å². The molecule has 0 saturated carbocycles. The van der Waals surface area contributed by atoms with E-state index < -0.39 is 12.0 Å². The molecule has 0 radical (unpaired) electrons. The van der Waals surface area contributed by atoms with Gasteiger partial charge in [-0.2, -0.15) is 0 Å². The van der Waals surface area contributed by atoms with Gasteiger partial charge in [0.15, 0.2) is 6.04 Å². The monoisotopic (exact) mass is 225 g/mol. The van der Waals surface area contributed by atoms with E-state index in [2.05, 4.69) is 10.3 Å². The molecule has 2 N–H and O–H groups in total. The molecule has 2 unspecified atom stereocenters. The van der Waals surface area contributed by atoms with Crippen LogP contribution < -0.4 is 5.32 Å². The number of hydrogen-bond acceptors (Lipinski definition) is 4. The van der Waals surface area contributed by atoms with E-state index in [4.69, 9.17) is 5.11 Å². The molecule has 3 rings (SSSR count). The third-order valence-electron chi connectivity index (χ3n) is 2.68. The number of aromatic nitrogens is 1. The van der Waals surface area contributed by atoms with Crippen LogP contribution in [-0.2, 0) is 4.79 Å². The van der Waals surface area contributed by atoms with Crippen molar-refractivity contribution in [3.63, 3.8) is 0 Å². The predicted molar refractivity (Wildman–Crippen MR) is 50.5 cm³/mol. The fourth-order valence-electron chi connectivity index (χ4n) is 2.06. The second-order valence-electron chi connectivity index (χ2n) is 3.50. The summed E-state index contributed by atoms with van der Waals surface area (Å²) in [4.78, 5) is 28.8. The first-order chi connectivity index (χ1) is 7.18. The maximum absolute atomic E-state index is 11.5. The van der Waals surface area contributed by atoms with Gasteiger partial charge in [0.1, 0.15) is 0 Å². The van der Waals surface area contributed by atoms with E-state index in [9.17, 15) is 9.59 Å². The largest absolute Gasteiger partial charge is 0.479 e. The van der Waals surface area contributed by atoms with Crippen molar-refractivity contribution in [1.29, 1.82) is 0 Å². The number of fused-ring (bicyclic) bond motifs is 4. The summed E-state index contributed by atoms with van der Waals surface area (Å²) in [5.41, 5.74) is 2.12. The van der Waals surface area contributed by atoms with Crippen LogP contribution in [0.1, 0.15) is 22.7 Å². The first kappa shape index (κ1) is 8.66. The number of aliphatic carboxylic acids is 1. The van der Waals surface area contributed by atoms with Gasteiger partial charge in [-0.15, -0.1) is 11.3 Å². The molecule has 15 heavy (non-hydrogen) atoms. The number of rotatable bonds is 1. The molecular formula is C8H7N3O3S. The first-order valence-corrected chi connectivity index (χ1v) is 5.29. The van der Waals surface area contributed by atoms with Crippen LogP contribution in [0.15, 0.2) is 5.51 Å². The zero-order valence-electron chi connectivity index (χ0n) is 7.51. The number of carbonyl (C=O) groups excluding carboxylic acids is 1. The number of carboxylic acids is 1. The fraction of sp³-hybridized carbons (Fsp3) is 0.375. The van der Waals surface area contributed by atoms with Crippen LogP contribution in [0.25, 0.3) is 0 Å². The third kappa shape index (κ3) is 1.01. The molecule has 1 aromatic heterocycles. The summed E-state index contributed by atoms with van der Waals surface area (Å²) < 4.78 is 0. The smallest absolute Gasteiger partial charge is 0.332 e. The van der Waals surface area contributed by atoms with Crippen LogP contribution in [0, 0.1) is 0 Å². The molecule has 0 aliphatic carbocycles. The molecule has 2 bridgehead atoms. The van der Waals surface area contributed by atoms with Crippen molar-refractivity contribution in [1.82, 2.24) is 15.2 Å². The molecule has 2 amide bonds. The van der Waals surface area contributed by atoms with Gasteiger partial charge in [0, 0.05) is 6.54 Å². The number of urea groups is 1. The molecule has 2 aliphatic heterocycles. The molecule has 2 aliphatic rings. The van der Waals surface area contributed by atoms with Crippen LogP contribution in [-0.4, -0.2) is 33.5 Å². The summed E-state index contributed by atoms with van der Waals surface area (Å²) in [6, 6.07) is -1.34. The van der Waals surface area contributed by atoms with Crippen molar-refractivity contribution in [3.05, 3.63) is 16.1 Å². The van der Waals surface area contributed by atoms with Crippen LogP contribution in [0.2, 0.25) is 0 Å². The van der Waals surface area contributed by atoms with Gasteiger partial charge >= 0.3 is 12.0 Å². The summed E-state index contributed by atoms with van der Waals surface area (Å²) in [6.45, 7) is 0.422. The predicted octanol–water partition coefficient (Wildman–Crippen LogP) is 0.349. The molecule has 1 saturated heterocycles. The molecule has 0 aromatic carbocycles. The minimum Gasteiger partial charge on any atom is -0.479 e. The average molecular weight is 225 g/mol. The maximum atomic E-state index is 11.5. The lowest BCUT2D eigenvalue weighted by molar-refractivity contribution is -0.142. The fourth-order valence-corrected chi connectivity index (χ4v) is 2.92. The average Bonchev–Trinajstić information content (AvgIpc) is 2.74. The van der Waals surface area contributed by atoms with Gasteiger partial charge in [0.05, 0.1) is 22.1 Å². The van der Waals surface area contributed by atoms with Gasteiger partial charge in [-0.05, 0) is 0 Å². The van der Waals surface area contributed by atoms with E-state index in [0.717, 1.165) is 4.88 Å². The van der Waals surface area contributed by atoms with Crippen molar-refractivity contribution in [2.24, 2.45) is 0 Å². The SMILES string of the molecule is O=C(O)C1c2ncsc2C2CN1C(=O)N2. The van der Waals surface area contributed by atoms with Crippen LogP contribution in [0.3, 0.4) is 0 Å². The van der Waals surface area contributed by atoms with Crippen molar-refractivity contribution in [2.75, 3.05) is 6.54 Å². The number of amides is 2.